The van der Waals surface area contributed by atoms with Crippen molar-refractivity contribution in [3.8, 4) is 0 Å². The molecule has 1 aromatic heterocycles. The summed E-state index contributed by atoms with van der Waals surface area (Å²) >= 11 is 0. The highest BCUT2D eigenvalue weighted by molar-refractivity contribution is 5.21. The molecule has 2 rings (SSSR count). The van der Waals surface area contributed by atoms with Crippen LogP contribution in [0.2, 0.25) is 0 Å². The molecule has 0 aliphatic heterocycles. The van der Waals surface area contributed by atoms with Crippen LogP contribution < -0.4 is 5.73 Å². The maximum Gasteiger partial charge on any atom is 0.149 e. The Hall–Kier alpha value is -1.03. The number of rotatable bonds is 2. The summed E-state index contributed by atoms with van der Waals surface area (Å²) in [6.07, 6.45) is 3.92. The van der Waals surface area contributed by atoms with E-state index < -0.39 is 17.7 Å². The number of hydrogen-bond acceptors (Lipinski definition) is 2. The van der Waals surface area contributed by atoms with Crippen LogP contribution in [0.1, 0.15) is 24.4 Å². The van der Waals surface area contributed by atoms with Crippen molar-refractivity contribution < 1.29 is 8.78 Å². The fourth-order valence-electron chi connectivity index (χ4n) is 1.43. The first-order valence-electron chi connectivity index (χ1n) is 4.24. The van der Waals surface area contributed by atoms with E-state index in [0.717, 1.165) is 25.2 Å². The molecular formula is C9H10F2N2. The second-order valence-electron chi connectivity index (χ2n) is 3.38. The van der Waals surface area contributed by atoms with Crippen molar-refractivity contribution >= 4 is 0 Å². The molecule has 4 heteroatoms. The van der Waals surface area contributed by atoms with Crippen molar-refractivity contribution in [1.29, 1.82) is 0 Å². The largest absolute Gasteiger partial charge is 0.324 e. The number of nitrogens with zero attached hydrogens (tertiary/aromatic N) is 1. The number of pyridine rings is 1. The lowest BCUT2D eigenvalue weighted by molar-refractivity contribution is 0.497. The first-order valence-corrected chi connectivity index (χ1v) is 4.24. The minimum atomic E-state index is -0.639. The van der Waals surface area contributed by atoms with Gasteiger partial charge < -0.3 is 5.73 Å². The molecule has 0 aromatic carbocycles. The van der Waals surface area contributed by atoms with Crippen LogP contribution >= 0.6 is 0 Å². The van der Waals surface area contributed by atoms with E-state index in [1.165, 1.54) is 0 Å². The standard InChI is InChI=1S/C9H10F2N2/c10-6-3-13-4-7(11)8(6)9(12)5-1-2-5/h3-5,9H,1-2,12H2/t9-/m0/s1. The highest BCUT2D eigenvalue weighted by Gasteiger charge is 2.32. The van der Waals surface area contributed by atoms with E-state index in [-0.39, 0.29) is 11.5 Å². The van der Waals surface area contributed by atoms with Crippen LogP contribution in [0.25, 0.3) is 0 Å². The molecule has 2 N–H and O–H groups in total. The molecule has 0 amide bonds. The van der Waals surface area contributed by atoms with Crippen molar-refractivity contribution in [2.45, 2.75) is 18.9 Å². The van der Waals surface area contributed by atoms with Gasteiger partial charge in [-0.05, 0) is 18.8 Å². The van der Waals surface area contributed by atoms with Gasteiger partial charge in [0.2, 0.25) is 0 Å². The summed E-state index contributed by atoms with van der Waals surface area (Å²) in [6.45, 7) is 0. The van der Waals surface area contributed by atoms with Gasteiger partial charge in [0, 0.05) is 11.6 Å². The van der Waals surface area contributed by atoms with Gasteiger partial charge in [0.1, 0.15) is 11.6 Å². The van der Waals surface area contributed by atoms with E-state index in [1.54, 1.807) is 0 Å². The molecule has 1 aromatic rings. The molecule has 1 heterocycles. The third-order valence-electron chi connectivity index (χ3n) is 2.35. The van der Waals surface area contributed by atoms with Crippen LogP contribution in [0.5, 0.6) is 0 Å². The van der Waals surface area contributed by atoms with Gasteiger partial charge in [0.05, 0.1) is 12.4 Å². The first-order chi connectivity index (χ1) is 6.20. The lowest BCUT2D eigenvalue weighted by atomic mass is 10.0. The fourth-order valence-corrected chi connectivity index (χ4v) is 1.43. The molecule has 1 aliphatic rings. The van der Waals surface area contributed by atoms with Crippen LogP contribution in [0, 0.1) is 17.6 Å². The monoisotopic (exact) mass is 184 g/mol. The van der Waals surface area contributed by atoms with Crippen molar-refractivity contribution in [2.24, 2.45) is 11.7 Å². The van der Waals surface area contributed by atoms with Crippen molar-refractivity contribution in [1.82, 2.24) is 4.98 Å². The van der Waals surface area contributed by atoms with Crippen LogP contribution in [-0.4, -0.2) is 4.98 Å². The van der Waals surface area contributed by atoms with E-state index in [2.05, 4.69) is 4.98 Å². The molecule has 0 spiro atoms. The van der Waals surface area contributed by atoms with E-state index >= 15 is 0 Å². The molecule has 13 heavy (non-hydrogen) atoms. The summed E-state index contributed by atoms with van der Waals surface area (Å²) in [5, 5.41) is 0. The van der Waals surface area contributed by atoms with Crippen molar-refractivity contribution in [3.05, 3.63) is 29.6 Å². The number of hydrogen-bond donors (Lipinski definition) is 1. The molecule has 1 aliphatic carbocycles. The summed E-state index contributed by atoms with van der Waals surface area (Å²) in [4.78, 5) is 3.40. The number of aromatic nitrogens is 1. The van der Waals surface area contributed by atoms with Gasteiger partial charge in [-0.1, -0.05) is 0 Å². The van der Waals surface area contributed by atoms with Crippen LogP contribution in [-0.2, 0) is 0 Å². The minimum Gasteiger partial charge on any atom is -0.324 e. The average molecular weight is 184 g/mol. The lowest BCUT2D eigenvalue weighted by Crippen LogP contribution is -2.16. The predicted molar refractivity (Wildman–Crippen MR) is 43.8 cm³/mol. The highest BCUT2D eigenvalue weighted by atomic mass is 19.1. The van der Waals surface area contributed by atoms with Crippen LogP contribution in [0.4, 0.5) is 8.78 Å². The molecule has 0 saturated heterocycles. The highest BCUT2D eigenvalue weighted by Crippen LogP contribution is 2.40. The Morgan fingerprint density at radius 1 is 1.31 bits per heavy atom. The van der Waals surface area contributed by atoms with Gasteiger partial charge in [0.15, 0.2) is 0 Å². The second kappa shape index (κ2) is 3.03. The topological polar surface area (TPSA) is 38.9 Å². The Morgan fingerprint density at radius 2 is 1.85 bits per heavy atom. The summed E-state index contributed by atoms with van der Waals surface area (Å²) in [5.74, 6) is -1.04. The van der Waals surface area contributed by atoms with E-state index in [1.807, 2.05) is 0 Å². The normalized spacial score (nSPS) is 18.7. The average Bonchev–Trinajstić information content (AvgIpc) is 2.85. The molecule has 0 radical (unpaired) electrons. The minimum absolute atomic E-state index is 0.0162. The Morgan fingerprint density at radius 3 is 2.31 bits per heavy atom. The number of halogens is 2. The molecule has 0 bridgehead atoms. The quantitative estimate of drug-likeness (QED) is 0.760. The third-order valence-corrected chi connectivity index (χ3v) is 2.35. The lowest BCUT2D eigenvalue weighted by Gasteiger charge is -2.11. The van der Waals surface area contributed by atoms with E-state index in [0.29, 0.717) is 0 Å². The van der Waals surface area contributed by atoms with Gasteiger partial charge in [-0.15, -0.1) is 0 Å². The zero-order chi connectivity index (χ0) is 9.42. The Labute approximate surface area is 74.8 Å². The summed E-state index contributed by atoms with van der Waals surface area (Å²) in [7, 11) is 0. The molecular weight excluding hydrogens is 174 g/mol. The van der Waals surface area contributed by atoms with Gasteiger partial charge in [0.25, 0.3) is 0 Å². The smallest absolute Gasteiger partial charge is 0.149 e. The molecule has 2 nitrogen and oxygen atoms in total. The SMILES string of the molecule is N[C@H](c1c(F)cncc1F)C1CC1. The first kappa shape index (κ1) is 8.56. The summed E-state index contributed by atoms with van der Waals surface area (Å²) in [5.41, 5.74) is 5.68. The molecule has 1 saturated carbocycles. The molecule has 1 fully saturated rings. The van der Waals surface area contributed by atoms with E-state index in [4.69, 9.17) is 5.73 Å². The van der Waals surface area contributed by atoms with Crippen LogP contribution in [0.15, 0.2) is 12.4 Å². The molecule has 1 atom stereocenters. The number of nitrogens with two attached hydrogens (primary N) is 1. The third kappa shape index (κ3) is 1.54. The Kier molecular flexibility index (Phi) is 2.00. The summed E-state index contributed by atoms with van der Waals surface area (Å²) in [6, 6.07) is -0.511. The predicted octanol–water partition coefficient (Wildman–Crippen LogP) is 1.77. The second-order valence-corrected chi connectivity index (χ2v) is 3.38. The zero-order valence-electron chi connectivity index (χ0n) is 7.00. The molecule has 70 valence electrons. The fraction of sp³-hybridized carbons (Fsp3) is 0.444. The van der Waals surface area contributed by atoms with Gasteiger partial charge in [-0.2, -0.15) is 0 Å². The van der Waals surface area contributed by atoms with Gasteiger partial charge in [-0.25, -0.2) is 8.78 Å². The zero-order valence-corrected chi connectivity index (χ0v) is 7.00. The maximum atomic E-state index is 13.1. The van der Waals surface area contributed by atoms with Crippen molar-refractivity contribution in [3.63, 3.8) is 0 Å². The Balaban J connectivity index is 2.36. The Bertz CT molecular complexity index is 303. The van der Waals surface area contributed by atoms with Crippen LogP contribution in [0.3, 0.4) is 0 Å². The van der Waals surface area contributed by atoms with Gasteiger partial charge in [-0.3, -0.25) is 4.98 Å². The van der Waals surface area contributed by atoms with E-state index in [9.17, 15) is 8.78 Å². The summed E-state index contributed by atoms with van der Waals surface area (Å²) < 4.78 is 26.2. The molecule has 0 unspecified atom stereocenters. The van der Waals surface area contributed by atoms with Gasteiger partial charge >= 0.3 is 0 Å². The van der Waals surface area contributed by atoms with Crippen molar-refractivity contribution in [2.75, 3.05) is 0 Å². The maximum absolute atomic E-state index is 13.1.